The van der Waals surface area contributed by atoms with Crippen LogP contribution in [-0.4, -0.2) is 51.4 Å². The first kappa shape index (κ1) is 39.8. The maximum atomic E-state index is 8.60. The molecule has 242 valence electrons. The zero-order valence-electron chi connectivity index (χ0n) is 27.4. The molecule has 0 heterocycles. The summed E-state index contributed by atoms with van der Waals surface area (Å²) in [5.41, 5.74) is 0. The molecule has 0 aromatic carbocycles. The molecule has 0 fully saturated rings. The molecule has 0 radical (unpaired) electrons. The lowest BCUT2D eigenvalue weighted by atomic mass is 10.0. The second-order valence-electron chi connectivity index (χ2n) is 12.1. The minimum absolute atomic E-state index is 0.0722. The van der Waals surface area contributed by atoms with Gasteiger partial charge in [-0.15, -0.1) is 0 Å². The third-order valence-corrected chi connectivity index (χ3v) is 8.12. The lowest BCUT2D eigenvalue weighted by Gasteiger charge is -2.06. The van der Waals surface area contributed by atoms with Gasteiger partial charge in [-0.3, -0.25) is 0 Å². The molecule has 4 heteroatoms. The molecule has 0 aliphatic carbocycles. The van der Waals surface area contributed by atoms with Gasteiger partial charge in [-0.05, 0) is 6.42 Å². The van der Waals surface area contributed by atoms with Crippen molar-refractivity contribution in [2.24, 2.45) is 0 Å². The van der Waals surface area contributed by atoms with Crippen molar-refractivity contribution < 1.29 is 19.3 Å². The molecule has 0 spiro atoms. The van der Waals surface area contributed by atoms with Gasteiger partial charge in [-0.1, -0.05) is 180 Å². The third-order valence-electron chi connectivity index (χ3n) is 8.12. The van der Waals surface area contributed by atoms with E-state index in [0.717, 1.165) is 6.61 Å². The summed E-state index contributed by atoms with van der Waals surface area (Å²) in [5, 5.41) is 8.60. The van der Waals surface area contributed by atoms with Crippen LogP contribution < -0.4 is 0 Å². The molecule has 1 N–H and O–H groups in total. The summed E-state index contributed by atoms with van der Waals surface area (Å²) in [5.74, 6) is 0. The normalized spacial score (nSPS) is 11.6. The van der Waals surface area contributed by atoms with Gasteiger partial charge in [-0.2, -0.15) is 0 Å². The van der Waals surface area contributed by atoms with E-state index in [1.165, 1.54) is 180 Å². The molecule has 0 aliphatic rings. The van der Waals surface area contributed by atoms with Crippen LogP contribution in [0.5, 0.6) is 0 Å². The maximum absolute atomic E-state index is 8.60. The van der Waals surface area contributed by atoms with Gasteiger partial charge in [0, 0.05) is 6.61 Å². The zero-order valence-corrected chi connectivity index (χ0v) is 27.4. The fraction of sp³-hybridized carbons (Fsp3) is 1.00. The Hall–Kier alpha value is -0.160. The van der Waals surface area contributed by atoms with Crippen LogP contribution in [0.4, 0.5) is 0 Å². The van der Waals surface area contributed by atoms with Crippen LogP contribution in [0, 0.1) is 0 Å². The fourth-order valence-electron chi connectivity index (χ4n) is 5.48. The summed E-state index contributed by atoms with van der Waals surface area (Å²) in [6, 6.07) is 0. The topological polar surface area (TPSA) is 47.9 Å². The van der Waals surface area contributed by atoms with Crippen LogP contribution >= 0.6 is 0 Å². The summed E-state index contributed by atoms with van der Waals surface area (Å²) in [6.45, 7) is 6.02. The van der Waals surface area contributed by atoms with Crippen molar-refractivity contribution in [2.45, 2.75) is 187 Å². The van der Waals surface area contributed by atoms with E-state index in [1.807, 2.05) is 0 Å². The molecule has 4 nitrogen and oxygen atoms in total. The zero-order chi connectivity index (χ0) is 28.9. The molecule has 0 aromatic rings. The highest BCUT2D eigenvalue weighted by atomic mass is 16.5. The van der Waals surface area contributed by atoms with Crippen molar-refractivity contribution in [1.29, 1.82) is 0 Å². The van der Waals surface area contributed by atoms with Gasteiger partial charge in [0.1, 0.15) is 0 Å². The minimum atomic E-state index is 0.0722. The van der Waals surface area contributed by atoms with E-state index in [4.69, 9.17) is 19.3 Å². The number of hydrogen-bond donors (Lipinski definition) is 1. The number of aliphatic hydroxyl groups is 1. The van der Waals surface area contributed by atoms with Crippen LogP contribution in [0.1, 0.15) is 187 Å². The first-order valence-corrected chi connectivity index (χ1v) is 18.3. The smallest absolute Gasteiger partial charge is 0.0701 e. The molecule has 0 aliphatic heterocycles. The minimum Gasteiger partial charge on any atom is -0.394 e. The van der Waals surface area contributed by atoms with E-state index < -0.39 is 0 Å². The van der Waals surface area contributed by atoms with Crippen LogP contribution in [0.2, 0.25) is 0 Å². The first-order chi connectivity index (χ1) is 19.9. The van der Waals surface area contributed by atoms with Crippen LogP contribution in [-0.2, 0) is 14.2 Å². The molecular weight excluding hydrogens is 496 g/mol. The average Bonchev–Trinajstić information content (AvgIpc) is 2.97. The van der Waals surface area contributed by atoms with Crippen molar-refractivity contribution in [2.75, 3.05) is 46.2 Å². The second kappa shape index (κ2) is 38.8. The highest BCUT2D eigenvalue weighted by Crippen LogP contribution is 2.16. The van der Waals surface area contributed by atoms with Gasteiger partial charge in [0.2, 0.25) is 0 Å². The molecule has 0 bridgehead atoms. The Morgan fingerprint density at radius 1 is 0.275 bits per heavy atom. The second-order valence-corrected chi connectivity index (χ2v) is 12.1. The number of ether oxygens (including phenoxy) is 3. The number of aliphatic hydroxyl groups excluding tert-OH is 1. The molecule has 0 rings (SSSR count). The molecule has 0 aromatic heterocycles. The van der Waals surface area contributed by atoms with E-state index in [1.54, 1.807) is 0 Å². The monoisotopic (exact) mass is 571 g/mol. The highest BCUT2D eigenvalue weighted by Gasteiger charge is 1.97. The van der Waals surface area contributed by atoms with Gasteiger partial charge in [0.15, 0.2) is 0 Å². The van der Waals surface area contributed by atoms with Crippen molar-refractivity contribution in [3.8, 4) is 0 Å². The Morgan fingerprint density at radius 2 is 0.500 bits per heavy atom. The van der Waals surface area contributed by atoms with E-state index in [2.05, 4.69) is 6.92 Å². The number of unbranched alkanes of at least 4 members (excludes halogenated alkanes) is 27. The quantitative estimate of drug-likeness (QED) is 0.0755. The van der Waals surface area contributed by atoms with Gasteiger partial charge >= 0.3 is 0 Å². The molecule has 0 unspecified atom stereocenters. The molecule has 0 amide bonds. The molecule has 0 atom stereocenters. The Morgan fingerprint density at radius 3 is 0.775 bits per heavy atom. The Bertz CT molecular complexity index is 380. The Kier molecular flexibility index (Phi) is 38.7. The van der Waals surface area contributed by atoms with E-state index in [-0.39, 0.29) is 6.61 Å². The van der Waals surface area contributed by atoms with Crippen molar-refractivity contribution in [3.63, 3.8) is 0 Å². The van der Waals surface area contributed by atoms with Gasteiger partial charge in [-0.25, -0.2) is 0 Å². The molecule has 0 saturated heterocycles. The number of hydrogen-bond acceptors (Lipinski definition) is 4. The Labute approximate surface area is 252 Å². The average molecular weight is 571 g/mol. The predicted octanol–water partition coefficient (Wildman–Crippen LogP) is 11.0. The fourth-order valence-corrected chi connectivity index (χ4v) is 5.48. The molecule has 40 heavy (non-hydrogen) atoms. The lowest BCUT2D eigenvalue weighted by molar-refractivity contribution is 0.00719. The lowest BCUT2D eigenvalue weighted by Crippen LogP contribution is -2.11. The van der Waals surface area contributed by atoms with Crippen LogP contribution in [0.25, 0.3) is 0 Å². The highest BCUT2D eigenvalue weighted by molar-refractivity contribution is 4.52. The van der Waals surface area contributed by atoms with Crippen molar-refractivity contribution in [3.05, 3.63) is 0 Å². The van der Waals surface area contributed by atoms with Gasteiger partial charge in [0.25, 0.3) is 0 Å². The summed E-state index contributed by atoms with van der Waals surface area (Å²) in [6.07, 6.45) is 40.2. The molecular formula is C36H74O4. The van der Waals surface area contributed by atoms with Crippen LogP contribution in [0.3, 0.4) is 0 Å². The van der Waals surface area contributed by atoms with Gasteiger partial charge < -0.3 is 19.3 Å². The van der Waals surface area contributed by atoms with Crippen LogP contribution in [0.15, 0.2) is 0 Å². The standard InChI is InChI=1S/C36H74O4/c1-2-3-4-5-6-7-8-9-10-11-12-13-14-15-16-17-18-19-20-21-22-23-24-25-26-27-28-29-31-38-33-35-40-36-34-39-32-30-37/h37H,2-36H2,1H3. The van der Waals surface area contributed by atoms with E-state index in [9.17, 15) is 0 Å². The Balaban J connectivity index is 3.01. The van der Waals surface area contributed by atoms with E-state index >= 15 is 0 Å². The number of rotatable bonds is 37. The summed E-state index contributed by atoms with van der Waals surface area (Å²) in [7, 11) is 0. The summed E-state index contributed by atoms with van der Waals surface area (Å²) < 4.78 is 16.2. The summed E-state index contributed by atoms with van der Waals surface area (Å²) in [4.78, 5) is 0. The summed E-state index contributed by atoms with van der Waals surface area (Å²) >= 11 is 0. The maximum Gasteiger partial charge on any atom is 0.0701 e. The van der Waals surface area contributed by atoms with E-state index in [0.29, 0.717) is 33.0 Å². The van der Waals surface area contributed by atoms with Gasteiger partial charge in [0.05, 0.1) is 39.6 Å². The largest absolute Gasteiger partial charge is 0.394 e. The van der Waals surface area contributed by atoms with Crippen molar-refractivity contribution in [1.82, 2.24) is 0 Å². The first-order valence-electron chi connectivity index (χ1n) is 18.3. The molecule has 0 saturated carbocycles. The SMILES string of the molecule is CCCCCCCCCCCCCCCCCCCCCCCCCCCCCCOCCOCCOCCO. The predicted molar refractivity (Wildman–Crippen MR) is 174 cm³/mol. The third kappa shape index (κ3) is 37.8. The van der Waals surface area contributed by atoms with Crippen molar-refractivity contribution >= 4 is 0 Å².